The summed E-state index contributed by atoms with van der Waals surface area (Å²) in [5.41, 5.74) is 5.56. The van der Waals surface area contributed by atoms with Gasteiger partial charge in [0.05, 0.1) is 24.7 Å². The van der Waals surface area contributed by atoms with E-state index in [4.69, 9.17) is 17.9 Å². The Morgan fingerprint density at radius 3 is 1.82 bits per heavy atom. The molecule has 0 radical (unpaired) electrons. The van der Waals surface area contributed by atoms with Crippen molar-refractivity contribution in [2.24, 2.45) is 0 Å². The van der Waals surface area contributed by atoms with E-state index in [-0.39, 0.29) is 33.4 Å². The predicted octanol–water partition coefficient (Wildman–Crippen LogP) is 15.3. The molecule has 300 valence electrons. The van der Waals surface area contributed by atoms with Crippen LogP contribution in [0.15, 0.2) is 182 Å². The Labute approximate surface area is 373 Å². The summed E-state index contributed by atoms with van der Waals surface area (Å²) in [5, 5.41) is 2.14. The SMILES string of the molecule is [2H]c1c([2H])c([2H])c(-c2cc(C(C)(C)C)cc(-c3c([2H])c([2H])c([2H])c([2H])c3[2H])c2N2[CH-]N(c3cccc(Oc4ccc5c6ccccc6n(-c6cc(C(C)(C)C)ccn6)c5c4)c3)c3ccccc32)c([2H])c1[2H]. The fraction of sp³-hybridized carbons (Fsp3) is 0.143. The first-order chi connectivity index (χ1) is 33.6. The van der Waals surface area contributed by atoms with Crippen molar-refractivity contribution >= 4 is 44.6 Å². The van der Waals surface area contributed by atoms with Crippen LogP contribution >= 0.6 is 0 Å². The Kier molecular flexibility index (Phi) is 6.91. The summed E-state index contributed by atoms with van der Waals surface area (Å²) >= 11 is 0. The smallest absolute Gasteiger partial charge is 0.137 e. The zero-order valence-electron chi connectivity index (χ0n) is 44.8. The number of rotatable bonds is 7. The van der Waals surface area contributed by atoms with Gasteiger partial charge < -0.3 is 14.5 Å². The molecule has 1 aliphatic rings. The molecule has 10 rings (SSSR count). The van der Waals surface area contributed by atoms with Crippen LogP contribution in [0.25, 0.3) is 49.9 Å². The summed E-state index contributed by atoms with van der Waals surface area (Å²) < 4.78 is 97.6. The maximum Gasteiger partial charge on any atom is 0.137 e. The van der Waals surface area contributed by atoms with Crippen molar-refractivity contribution in [1.82, 2.24) is 9.55 Å². The van der Waals surface area contributed by atoms with Gasteiger partial charge in [0.1, 0.15) is 17.3 Å². The highest BCUT2D eigenvalue weighted by molar-refractivity contribution is 6.09. The highest BCUT2D eigenvalue weighted by Gasteiger charge is 2.27. The predicted molar refractivity (Wildman–Crippen MR) is 255 cm³/mol. The second-order valence-corrected chi connectivity index (χ2v) is 17.3. The normalized spacial score (nSPS) is 15.2. The van der Waals surface area contributed by atoms with Crippen molar-refractivity contribution in [3.8, 4) is 39.6 Å². The molecule has 0 atom stereocenters. The molecular weight excluding hydrogens is 745 g/mol. The number of benzene rings is 7. The largest absolute Gasteiger partial charge is 0.473 e. The van der Waals surface area contributed by atoms with Gasteiger partial charge in [-0.05, 0) is 99.8 Å². The third kappa shape index (κ3) is 7.00. The van der Waals surface area contributed by atoms with Gasteiger partial charge in [-0.3, -0.25) is 4.57 Å². The highest BCUT2D eigenvalue weighted by atomic mass is 16.5. The summed E-state index contributed by atoms with van der Waals surface area (Å²) in [6, 6.07) is 32.1. The molecule has 1 aliphatic heterocycles. The van der Waals surface area contributed by atoms with Crippen molar-refractivity contribution in [3.05, 3.63) is 200 Å². The molecule has 0 N–H and O–H groups in total. The molecule has 7 aromatic carbocycles. The molecule has 0 amide bonds. The minimum atomic E-state index is -0.614. The lowest BCUT2D eigenvalue weighted by Gasteiger charge is -2.38. The van der Waals surface area contributed by atoms with Crippen LogP contribution < -0.4 is 14.5 Å². The molecular formula is C56H49N4O-. The van der Waals surface area contributed by atoms with Crippen LogP contribution in [0.3, 0.4) is 0 Å². The number of nitrogens with zero attached hydrogens (tertiary/aromatic N) is 4. The van der Waals surface area contributed by atoms with Gasteiger partial charge in [0.2, 0.25) is 0 Å². The Morgan fingerprint density at radius 2 is 1.15 bits per heavy atom. The Bertz CT molecular complexity index is 3520. The van der Waals surface area contributed by atoms with Gasteiger partial charge in [0.15, 0.2) is 0 Å². The van der Waals surface area contributed by atoms with E-state index in [1.807, 2.05) is 105 Å². The van der Waals surface area contributed by atoms with Gasteiger partial charge in [-0.2, -0.15) is 0 Å². The average molecular weight is 804 g/mol. The van der Waals surface area contributed by atoms with Crippen LogP contribution in [-0.2, 0) is 10.8 Å². The fourth-order valence-corrected chi connectivity index (χ4v) is 8.07. The molecule has 2 aromatic heterocycles. The van der Waals surface area contributed by atoms with Crippen molar-refractivity contribution in [2.75, 3.05) is 9.80 Å². The summed E-state index contributed by atoms with van der Waals surface area (Å²) in [5.74, 6) is 1.94. The minimum absolute atomic E-state index is 0.0871. The molecule has 3 heterocycles. The Morgan fingerprint density at radius 1 is 0.541 bits per heavy atom. The Hall–Kier alpha value is -7.11. The zero-order valence-corrected chi connectivity index (χ0v) is 34.8. The number of aromatic nitrogens is 2. The van der Waals surface area contributed by atoms with E-state index in [2.05, 4.69) is 55.7 Å². The fourth-order valence-electron chi connectivity index (χ4n) is 8.07. The first-order valence-corrected chi connectivity index (χ1v) is 20.3. The van der Waals surface area contributed by atoms with E-state index >= 15 is 0 Å². The minimum Gasteiger partial charge on any atom is -0.473 e. The number of hydrogen-bond acceptors (Lipinski definition) is 4. The lowest BCUT2D eigenvalue weighted by molar-refractivity contribution is 0.483. The number of pyridine rings is 1. The molecule has 0 spiro atoms. The lowest BCUT2D eigenvalue weighted by atomic mass is 9.82. The number of anilines is 4. The Balaban J connectivity index is 1.13. The van der Waals surface area contributed by atoms with Gasteiger partial charge in [-0.25, -0.2) is 4.98 Å². The highest BCUT2D eigenvalue weighted by Crippen LogP contribution is 2.53. The van der Waals surface area contributed by atoms with Gasteiger partial charge in [0.25, 0.3) is 0 Å². The zero-order chi connectivity index (χ0) is 50.6. The molecule has 0 aliphatic carbocycles. The second-order valence-electron chi connectivity index (χ2n) is 17.3. The van der Waals surface area contributed by atoms with E-state index in [9.17, 15) is 5.48 Å². The van der Waals surface area contributed by atoms with Crippen LogP contribution in [-0.4, -0.2) is 9.55 Å². The summed E-state index contributed by atoms with van der Waals surface area (Å²) in [6.07, 6.45) is 1.85. The number of fused-ring (bicyclic) bond motifs is 4. The van der Waals surface area contributed by atoms with Crippen LogP contribution in [0.4, 0.5) is 22.7 Å². The third-order valence-electron chi connectivity index (χ3n) is 11.2. The number of para-hydroxylation sites is 3. The quantitative estimate of drug-likeness (QED) is 0.150. The molecule has 0 bridgehead atoms. The summed E-state index contributed by atoms with van der Waals surface area (Å²) in [7, 11) is 0. The lowest BCUT2D eigenvalue weighted by Crippen LogP contribution is -2.20. The van der Waals surface area contributed by atoms with E-state index in [1.54, 1.807) is 23.7 Å². The molecule has 0 unspecified atom stereocenters. The summed E-state index contributed by atoms with van der Waals surface area (Å²) in [6.45, 7) is 14.2. The monoisotopic (exact) mass is 803 g/mol. The van der Waals surface area contributed by atoms with Gasteiger partial charge in [-0.1, -0.05) is 138 Å². The second kappa shape index (κ2) is 14.9. The van der Waals surface area contributed by atoms with E-state index < -0.39 is 65.8 Å². The molecule has 61 heavy (non-hydrogen) atoms. The van der Waals surface area contributed by atoms with Crippen molar-refractivity contribution in [2.45, 2.75) is 52.4 Å². The maximum atomic E-state index is 9.23. The first-order valence-electron chi connectivity index (χ1n) is 25.3. The molecule has 5 nitrogen and oxygen atoms in total. The third-order valence-corrected chi connectivity index (χ3v) is 11.2. The summed E-state index contributed by atoms with van der Waals surface area (Å²) in [4.78, 5) is 8.57. The van der Waals surface area contributed by atoms with Crippen molar-refractivity contribution < 1.29 is 18.4 Å². The topological polar surface area (TPSA) is 33.5 Å². The maximum absolute atomic E-state index is 9.23. The molecule has 5 heteroatoms. The van der Waals surface area contributed by atoms with Gasteiger partial charge in [0, 0.05) is 63.0 Å². The molecule has 0 saturated carbocycles. The van der Waals surface area contributed by atoms with Crippen molar-refractivity contribution in [3.63, 3.8) is 0 Å². The average Bonchev–Trinajstić information content (AvgIpc) is 3.89. The van der Waals surface area contributed by atoms with Gasteiger partial charge >= 0.3 is 0 Å². The van der Waals surface area contributed by atoms with E-state index in [0.29, 0.717) is 34.1 Å². The number of hydrogen-bond donors (Lipinski definition) is 0. The van der Waals surface area contributed by atoms with Crippen molar-refractivity contribution in [1.29, 1.82) is 0 Å². The van der Waals surface area contributed by atoms with Gasteiger partial charge in [-0.15, -0.1) is 6.67 Å². The molecule has 0 fully saturated rings. The first kappa shape index (κ1) is 28.4. The standard InChI is InChI=1S/C56H49N4O/c1-55(2,3)40-30-31-57-53(34-40)60-49-25-14-13-24-45(49)46-29-28-44(36-52(46)60)61-43-23-17-22-42(35-43)58-37-59(51-27-16-15-26-50(51)58)54-47(38-18-9-7-10-19-38)32-41(56(4,5)6)33-48(54)39-20-11-8-12-21-39/h7-37H,1-6H3/q-1/i7D,8D,9D,10D,11D,12D,18D,19D,20D,21D. The van der Waals surface area contributed by atoms with E-state index in [1.165, 1.54) is 0 Å². The van der Waals surface area contributed by atoms with Crippen LogP contribution in [0.5, 0.6) is 11.5 Å². The van der Waals surface area contributed by atoms with E-state index in [0.717, 1.165) is 33.2 Å². The number of ether oxygens (including phenoxy) is 1. The van der Waals surface area contributed by atoms with Crippen LogP contribution in [0.1, 0.15) is 66.4 Å². The molecule has 9 aromatic rings. The van der Waals surface area contributed by atoms with Crippen LogP contribution in [0.2, 0.25) is 0 Å². The molecule has 0 saturated heterocycles. The van der Waals surface area contributed by atoms with Crippen LogP contribution in [0, 0.1) is 6.67 Å².